The first-order chi connectivity index (χ1) is 8.92. The topological polar surface area (TPSA) is 67.2 Å². The van der Waals surface area contributed by atoms with Gasteiger partial charge in [0.1, 0.15) is 0 Å². The molecule has 108 valence electrons. The highest BCUT2D eigenvalue weighted by Crippen LogP contribution is 2.28. The predicted molar refractivity (Wildman–Crippen MR) is 74.4 cm³/mol. The van der Waals surface area contributed by atoms with Crippen LogP contribution in [0.2, 0.25) is 0 Å². The number of nitrogens with zero attached hydrogens (tertiary/aromatic N) is 3. The Kier molecular flexibility index (Phi) is 4.27. The highest BCUT2D eigenvalue weighted by atomic mass is 32.2. The van der Waals surface area contributed by atoms with Crippen LogP contribution in [-0.2, 0) is 23.5 Å². The van der Waals surface area contributed by atoms with Gasteiger partial charge in [0, 0.05) is 45.0 Å². The SMILES string of the molecule is CN(C)S(=O)(=O)CCNC1CCCc2c1cnn2C. The van der Waals surface area contributed by atoms with E-state index in [1.165, 1.54) is 15.6 Å². The molecule has 0 fully saturated rings. The lowest BCUT2D eigenvalue weighted by Gasteiger charge is -2.24. The summed E-state index contributed by atoms with van der Waals surface area (Å²) in [7, 11) is 1.96. The van der Waals surface area contributed by atoms with Gasteiger partial charge in [0.15, 0.2) is 0 Å². The van der Waals surface area contributed by atoms with Gasteiger partial charge in [-0.2, -0.15) is 5.10 Å². The number of fused-ring (bicyclic) bond motifs is 1. The molecule has 0 saturated heterocycles. The van der Waals surface area contributed by atoms with Crippen molar-refractivity contribution in [2.45, 2.75) is 25.3 Å². The van der Waals surface area contributed by atoms with E-state index < -0.39 is 10.0 Å². The van der Waals surface area contributed by atoms with Gasteiger partial charge in [-0.1, -0.05) is 0 Å². The van der Waals surface area contributed by atoms with E-state index in [0.717, 1.165) is 19.3 Å². The summed E-state index contributed by atoms with van der Waals surface area (Å²) in [6.45, 7) is 0.472. The van der Waals surface area contributed by atoms with Crippen LogP contribution in [0.4, 0.5) is 0 Å². The molecule has 2 rings (SSSR count). The maximum Gasteiger partial charge on any atom is 0.214 e. The third-order valence-electron chi connectivity index (χ3n) is 3.68. The van der Waals surface area contributed by atoms with Crippen LogP contribution in [0, 0.1) is 0 Å². The molecule has 1 aliphatic carbocycles. The van der Waals surface area contributed by atoms with E-state index in [0.29, 0.717) is 6.54 Å². The molecule has 6 nitrogen and oxygen atoms in total. The first-order valence-electron chi connectivity index (χ1n) is 6.56. The van der Waals surface area contributed by atoms with Crippen LogP contribution >= 0.6 is 0 Å². The van der Waals surface area contributed by atoms with Crippen molar-refractivity contribution >= 4 is 10.0 Å². The molecule has 1 N–H and O–H groups in total. The summed E-state index contributed by atoms with van der Waals surface area (Å²) in [6.07, 6.45) is 5.11. The van der Waals surface area contributed by atoms with Gasteiger partial charge < -0.3 is 5.32 Å². The van der Waals surface area contributed by atoms with Crippen molar-refractivity contribution in [2.75, 3.05) is 26.4 Å². The molecule has 19 heavy (non-hydrogen) atoms. The summed E-state index contributed by atoms with van der Waals surface area (Å²) in [6, 6.07) is 0.231. The van der Waals surface area contributed by atoms with E-state index in [1.807, 2.05) is 17.9 Å². The summed E-state index contributed by atoms with van der Waals surface area (Å²) in [5.41, 5.74) is 2.48. The lowest BCUT2D eigenvalue weighted by Crippen LogP contribution is -2.33. The Morgan fingerprint density at radius 1 is 1.53 bits per heavy atom. The fourth-order valence-electron chi connectivity index (χ4n) is 2.46. The van der Waals surface area contributed by atoms with Crippen molar-refractivity contribution in [2.24, 2.45) is 7.05 Å². The second-order valence-electron chi connectivity index (χ2n) is 5.17. The molecule has 7 heteroatoms. The smallest absolute Gasteiger partial charge is 0.214 e. The molecule has 0 amide bonds. The van der Waals surface area contributed by atoms with Crippen molar-refractivity contribution in [3.63, 3.8) is 0 Å². The van der Waals surface area contributed by atoms with Gasteiger partial charge >= 0.3 is 0 Å². The summed E-state index contributed by atoms with van der Waals surface area (Å²) in [5, 5.41) is 7.63. The Labute approximate surface area is 114 Å². The number of hydrogen-bond acceptors (Lipinski definition) is 4. The second kappa shape index (κ2) is 5.60. The molecule has 1 aliphatic rings. The number of hydrogen-bond donors (Lipinski definition) is 1. The molecule has 0 spiro atoms. The fraction of sp³-hybridized carbons (Fsp3) is 0.750. The van der Waals surface area contributed by atoms with Crippen LogP contribution in [0.5, 0.6) is 0 Å². The van der Waals surface area contributed by atoms with Crippen LogP contribution in [0.15, 0.2) is 6.20 Å². The fourth-order valence-corrected chi connectivity index (χ4v) is 3.20. The van der Waals surface area contributed by atoms with Gasteiger partial charge in [0.2, 0.25) is 10.0 Å². The monoisotopic (exact) mass is 286 g/mol. The molecule has 1 atom stereocenters. The molecule has 1 aromatic heterocycles. The van der Waals surface area contributed by atoms with Crippen molar-refractivity contribution in [3.8, 4) is 0 Å². The Hall–Kier alpha value is -0.920. The molecule has 1 aromatic rings. The van der Waals surface area contributed by atoms with Crippen LogP contribution in [0.25, 0.3) is 0 Å². The van der Waals surface area contributed by atoms with E-state index in [4.69, 9.17) is 0 Å². The van der Waals surface area contributed by atoms with Crippen LogP contribution < -0.4 is 5.32 Å². The second-order valence-corrected chi connectivity index (χ2v) is 7.47. The summed E-state index contributed by atoms with van der Waals surface area (Å²) in [5.74, 6) is 0.131. The zero-order valence-electron chi connectivity index (χ0n) is 11.8. The van der Waals surface area contributed by atoms with Crippen LogP contribution in [-0.4, -0.2) is 48.9 Å². The third kappa shape index (κ3) is 3.16. The minimum absolute atomic E-state index is 0.131. The molecular weight excluding hydrogens is 264 g/mol. The van der Waals surface area contributed by atoms with E-state index in [9.17, 15) is 8.42 Å². The maximum absolute atomic E-state index is 11.7. The summed E-state index contributed by atoms with van der Waals surface area (Å²) >= 11 is 0. The predicted octanol–water partition coefficient (Wildman–Crippen LogP) is 0.279. The zero-order valence-corrected chi connectivity index (χ0v) is 12.6. The van der Waals surface area contributed by atoms with Crippen molar-refractivity contribution in [3.05, 3.63) is 17.5 Å². The Bertz CT molecular complexity index is 536. The van der Waals surface area contributed by atoms with Gasteiger partial charge in [-0.25, -0.2) is 12.7 Å². The lowest BCUT2D eigenvalue weighted by atomic mass is 9.93. The van der Waals surface area contributed by atoms with E-state index >= 15 is 0 Å². The Balaban J connectivity index is 1.95. The highest BCUT2D eigenvalue weighted by Gasteiger charge is 2.23. The van der Waals surface area contributed by atoms with Gasteiger partial charge in [-0.3, -0.25) is 4.68 Å². The molecule has 0 aromatic carbocycles. The van der Waals surface area contributed by atoms with Crippen molar-refractivity contribution in [1.29, 1.82) is 0 Å². The summed E-state index contributed by atoms with van der Waals surface area (Å²) < 4.78 is 26.6. The Morgan fingerprint density at radius 3 is 2.95 bits per heavy atom. The van der Waals surface area contributed by atoms with Crippen LogP contribution in [0.3, 0.4) is 0 Å². The highest BCUT2D eigenvalue weighted by molar-refractivity contribution is 7.89. The number of aromatic nitrogens is 2. The number of nitrogens with one attached hydrogen (secondary N) is 1. The van der Waals surface area contributed by atoms with E-state index in [-0.39, 0.29) is 11.8 Å². The summed E-state index contributed by atoms with van der Waals surface area (Å²) in [4.78, 5) is 0. The minimum Gasteiger partial charge on any atom is -0.309 e. The quantitative estimate of drug-likeness (QED) is 0.844. The molecule has 0 aliphatic heterocycles. The first kappa shape index (κ1) is 14.5. The maximum atomic E-state index is 11.7. The molecule has 0 saturated carbocycles. The van der Waals surface area contributed by atoms with Gasteiger partial charge in [-0.05, 0) is 19.3 Å². The molecular formula is C12H22N4O2S. The normalized spacial score (nSPS) is 19.7. The zero-order chi connectivity index (χ0) is 14.0. The largest absolute Gasteiger partial charge is 0.309 e. The Morgan fingerprint density at radius 2 is 2.26 bits per heavy atom. The average Bonchev–Trinajstić information content (AvgIpc) is 2.72. The van der Waals surface area contributed by atoms with Crippen LogP contribution in [0.1, 0.15) is 30.1 Å². The minimum atomic E-state index is -3.12. The van der Waals surface area contributed by atoms with Crippen molar-refractivity contribution < 1.29 is 8.42 Å². The van der Waals surface area contributed by atoms with E-state index in [1.54, 1.807) is 14.1 Å². The molecule has 0 radical (unpaired) electrons. The third-order valence-corrected chi connectivity index (χ3v) is 5.52. The molecule has 1 unspecified atom stereocenters. The molecule has 0 bridgehead atoms. The molecule has 1 heterocycles. The lowest BCUT2D eigenvalue weighted by molar-refractivity contribution is 0.458. The standard InChI is InChI=1S/C12H22N4O2S/c1-15(2)19(17,18)8-7-13-11-5-4-6-12-10(11)9-14-16(12)3/h9,11,13H,4-8H2,1-3H3. The van der Waals surface area contributed by atoms with E-state index in [2.05, 4.69) is 10.4 Å². The van der Waals surface area contributed by atoms with Gasteiger partial charge in [0.05, 0.1) is 11.9 Å². The number of sulfonamides is 1. The van der Waals surface area contributed by atoms with Gasteiger partial charge in [0.25, 0.3) is 0 Å². The van der Waals surface area contributed by atoms with Gasteiger partial charge in [-0.15, -0.1) is 0 Å². The number of aryl methyl sites for hydroxylation is 1. The number of rotatable bonds is 5. The average molecular weight is 286 g/mol. The first-order valence-corrected chi connectivity index (χ1v) is 8.17. The van der Waals surface area contributed by atoms with Crippen molar-refractivity contribution in [1.82, 2.24) is 19.4 Å².